The second-order valence-corrected chi connectivity index (χ2v) is 7.99. The summed E-state index contributed by atoms with van der Waals surface area (Å²) >= 11 is 0. The van der Waals surface area contributed by atoms with Gasteiger partial charge in [-0.05, 0) is 62.9 Å². The smallest absolute Gasteiger partial charge is 0.0445 e. The van der Waals surface area contributed by atoms with Crippen molar-refractivity contribution in [1.29, 1.82) is 0 Å². The Morgan fingerprint density at radius 3 is 2.76 bits per heavy atom. The fourth-order valence-electron chi connectivity index (χ4n) is 4.54. The van der Waals surface area contributed by atoms with Crippen LogP contribution in [0, 0.1) is 11.3 Å². The summed E-state index contributed by atoms with van der Waals surface area (Å²) in [6.07, 6.45) is 8.93. The molecule has 0 aromatic carbocycles. The molecule has 0 bridgehead atoms. The Kier molecular flexibility index (Phi) is 6.51. The van der Waals surface area contributed by atoms with Crippen molar-refractivity contribution in [1.82, 2.24) is 10.2 Å². The van der Waals surface area contributed by atoms with Gasteiger partial charge in [-0.15, -0.1) is 0 Å². The van der Waals surface area contributed by atoms with Gasteiger partial charge in [0, 0.05) is 25.2 Å². The number of rotatable bonds is 6. The minimum atomic E-state index is 0.341. The summed E-state index contributed by atoms with van der Waals surface area (Å²) < 4.78 is 0. The van der Waals surface area contributed by atoms with Gasteiger partial charge in [0.05, 0.1) is 0 Å². The second kappa shape index (κ2) is 7.94. The molecule has 1 aliphatic carbocycles. The standard InChI is InChI=1S/C18H36N2O/c1-4-19-17-8-10-18(2,3)13-15(17)14-20-11-6-5-7-16(20)9-12-21/h15-17,19,21H,4-14H2,1-3H3. The second-order valence-electron chi connectivity index (χ2n) is 7.99. The van der Waals surface area contributed by atoms with E-state index in [1.165, 1.54) is 51.6 Å². The van der Waals surface area contributed by atoms with Crippen molar-refractivity contribution in [2.75, 3.05) is 26.2 Å². The van der Waals surface area contributed by atoms with Crippen LogP contribution in [-0.2, 0) is 0 Å². The number of hydrogen-bond donors (Lipinski definition) is 2. The molecule has 0 aromatic heterocycles. The fourth-order valence-corrected chi connectivity index (χ4v) is 4.54. The molecule has 0 spiro atoms. The van der Waals surface area contributed by atoms with Crippen LogP contribution in [0.25, 0.3) is 0 Å². The van der Waals surface area contributed by atoms with Crippen LogP contribution < -0.4 is 5.32 Å². The number of likely N-dealkylation sites (tertiary alicyclic amines) is 1. The molecule has 2 rings (SSSR count). The molecule has 124 valence electrons. The quantitative estimate of drug-likeness (QED) is 0.791. The molecule has 3 heteroatoms. The Hall–Kier alpha value is -0.120. The fraction of sp³-hybridized carbons (Fsp3) is 1.00. The number of piperidine rings is 1. The first-order chi connectivity index (χ1) is 10.1. The zero-order valence-corrected chi connectivity index (χ0v) is 14.4. The molecule has 1 saturated carbocycles. The van der Waals surface area contributed by atoms with Crippen molar-refractivity contribution in [3.63, 3.8) is 0 Å². The van der Waals surface area contributed by atoms with Gasteiger partial charge >= 0.3 is 0 Å². The average molecular weight is 296 g/mol. The van der Waals surface area contributed by atoms with Crippen molar-refractivity contribution >= 4 is 0 Å². The molecule has 1 heterocycles. The Morgan fingerprint density at radius 2 is 2.05 bits per heavy atom. The van der Waals surface area contributed by atoms with Gasteiger partial charge in [-0.25, -0.2) is 0 Å². The zero-order valence-electron chi connectivity index (χ0n) is 14.4. The summed E-state index contributed by atoms with van der Waals surface area (Å²) in [5, 5.41) is 13.1. The van der Waals surface area contributed by atoms with Gasteiger partial charge in [0.25, 0.3) is 0 Å². The molecule has 0 radical (unpaired) electrons. The first-order valence-corrected chi connectivity index (χ1v) is 9.14. The SMILES string of the molecule is CCNC1CCC(C)(C)CC1CN1CCCCC1CCO. The number of nitrogens with one attached hydrogen (secondary N) is 1. The molecule has 0 amide bonds. The lowest BCUT2D eigenvalue weighted by Gasteiger charge is -2.45. The topological polar surface area (TPSA) is 35.5 Å². The third kappa shape index (κ3) is 4.94. The largest absolute Gasteiger partial charge is 0.396 e. The number of hydrogen-bond acceptors (Lipinski definition) is 3. The van der Waals surface area contributed by atoms with E-state index in [0.717, 1.165) is 18.9 Å². The summed E-state index contributed by atoms with van der Waals surface area (Å²) in [5.74, 6) is 0.771. The molecule has 1 aliphatic heterocycles. The third-order valence-corrected chi connectivity index (χ3v) is 5.66. The summed E-state index contributed by atoms with van der Waals surface area (Å²) in [5.41, 5.74) is 0.499. The molecule has 2 N–H and O–H groups in total. The minimum Gasteiger partial charge on any atom is -0.396 e. The maximum atomic E-state index is 9.32. The molecule has 3 unspecified atom stereocenters. The zero-order chi connectivity index (χ0) is 15.3. The van der Waals surface area contributed by atoms with Crippen molar-refractivity contribution in [3.05, 3.63) is 0 Å². The minimum absolute atomic E-state index is 0.341. The lowest BCUT2D eigenvalue weighted by atomic mass is 9.69. The maximum absolute atomic E-state index is 9.32. The molecular weight excluding hydrogens is 260 g/mol. The number of aliphatic hydroxyl groups is 1. The van der Waals surface area contributed by atoms with E-state index in [9.17, 15) is 5.11 Å². The van der Waals surface area contributed by atoms with E-state index in [1.807, 2.05) is 0 Å². The summed E-state index contributed by atoms with van der Waals surface area (Å²) in [6.45, 7) is 11.0. The van der Waals surface area contributed by atoms with Crippen LogP contribution in [0.15, 0.2) is 0 Å². The van der Waals surface area contributed by atoms with Gasteiger partial charge in [0.1, 0.15) is 0 Å². The number of nitrogens with zero attached hydrogens (tertiary/aromatic N) is 1. The van der Waals surface area contributed by atoms with Crippen molar-refractivity contribution in [3.8, 4) is 0 Å². The third-order valence-electron chi connectivity index (χ3n) is 5.66. The van der Waals surface area contributed by atoms with E-state index in [-0.39, 0.29) is 0 Å². The van der Waals surface area contributed by atoms with Crippen molar-refractivity contribution < 1.29 is 5.11 Å². The van der Waals surface area contributed by atoms with E-state index in [4.69, 9.17) is 0 Å². The Morgan fingerprint density at radius 1 is 1.24 bits per heavy atom. The predicted molar refractivity (Wildman–Crippen MR) is 89.5 cm³/mol. The Labute approximate surface area is 131 Å². The normalized spacial score (nSPS) is 34.0. The lowest BCUT2D eigenvalue weighted by molar-refractivity contribution is 0.0565. The molecule has 3 atom stereocenters. The highest BCUT2D eigenvalue weighted by atomic mass is 16.3. The predicted octanol–water partition coefficient (Wildman–Crippen LogP) is 3.03. The Balaban J connectivity index is 1.98. The van der Waals surface area contributed by atoms with Crippen LogP contribution in [0.1, 0.15) is 65.7 Å². The first-order valence-electron chi connectivity index (χ1n) is 9.14. The average Bonchev–Trinajstić information content (AvgIpc) is 2.44. The van der Waals surface area contributed by atoms with Gasteiger partial charge in [0.2, 0.25) is 0 Å². The lowest BCUT2D eigenvalue weighted by Crippen LogP contribution is -2.50. The molecule has 0 aromatic rings. The van der Waals surface area contributed by atoms with Crippen molar-refractivity contribution in [2.45, 2.75) is 77.8 Å². The monoisotopic (exact) mass is 296 g/mol. The highest BCUT2D eigenvalue weighted by Crippen LogP contribution is 2.39. The van der Waals surface area contributed by atoms with Crippen LogP contribution in [0.2, 0.25) is 0 Å². The van der Waals surface area contributed by atoms with Gasteiger partial charge in [-0.2, -0.15) is 0 Å². The van der Waals surface area contributed by atoms with Gasteiger partial charge < -0.3 is 10.4 Å². The highest BCUT2D eigenvalue weighted by molar-refractivity contribution is 4.91. The van der Waals surface area contributed by atoms with E-state index in [0.29, 0.717) is 24.1 Å². The van der Waals surface area contributed by atoms with Crippen molar-refractivity contribution in [2.24, 2.45) is 11.3 Å². The van der Waals surface area contributed by atoms with Gasteiger partial charge in [-0.1, -0.05) is 27.2 Å². The molecule has 2 aliphatic rings. The van der Waals surface area contributed by atoms with Crippen LogP contribution in [-0.4, -0.2) is 48.3 Å². The maximum Gasteiger partial charge on any atom is 0.0445 e. The summed E-state index contributed by atoms with van der Waals surface area (Å²) in [6, 6.07) is 1.32. The molecule has 3 nitrogen and oxygen atoms in total. The number of aliphatic hydroxyl groups excluding tert-OH is 1. The Bertz CT molecular complexity index is 304. The molecule has 1 saturated heterocycles. The van der Waals surface area contributed by atoms with Crippen LogP contribution in [0.3, 0.4) is 0 Å². The van der Waals surface area contributed by atoms with Crippen LogP contribution >= 0.6 is 0 Å². The first kappa shape index (κ1) is 17.2. The highest BCUT2D eigenvalue weighted by Gasteiger charge is 2.36. The summed E-state index contributed by atoms with van der Waals surface area (Å²) in [4.78, 5) is 2.69. The molecule has 21 heavy (non-hydrogen) atoms. The van der Waals surface area contributed by atoms with E-state index < -0.39 is 0 Å². The molecular formula is C18H36N2O. The van der Waals surface area contributed by atoms with E-state index in [2.05, 4.69) is 31.0 Å². The van der Waals surface area contributed by atoms with Crippen LogP contribution in [0.4, 0.5) is 0 Å². The summed E-state index contributed by atoms with van der Waals surface area (Å²) in [7, 11) is 0. The molecule has 2 fully saturated rings. The van der Waals surface area contributed by atoms with E-state index >= 15 is 0 Å². The van der Waals surface area contributed by atoms with Gasteiger partial charge in [-0.3, -0.25) is 4.90 Å². The van der Waals surface area contributed by atoms with Gasteiger partial charge in [0.15, 0.2) is 0 Å². The van der Waals surface area contributed by atoms with Crippen LogP contribution in [0.5, 0.6) is 0 Å². The van der Waals surface area contributed by atoms with E-state index in [1.54, 1.807) is 0 Å².